The van der Waals surface area contributed by atoms with Crippen molar-refractivity contribution < 1.29 is 23.9 Å². The molecule has 0 N–H and O–H groups in total. The van der Waals surface area contributed by atoms with E-state index in [-0.39, 0.29) is 22.9 Å². The van der Waals surface area contributed by atoms with Crippen molar-refractivity contribution in [3.8, 4) is 0 Å². The van der Waals surface area contributed by atoms with Crippen LogP contribution in [0, 0.1) is 0 Å². The molecule has 1 atom stereocenters. The van der Waals surface area contributed by atoms with E-state index in [0.29, 0.717) is 22.8 Å². The molecular weight excluding hydrogens is 370 g/mol. The van der Waals surface area contributed by atoms with Crippen LogP contribution in [0.3, 0.4) is 0 Å². The Kier molecular flexibility index (Phi) is 5.11. The number of allylic oxidation sites excluding steroid dienone is 1. The van der Waals surface area contributed by atoms with E-state index in [0.717, 1.165) is 0 Å². The Balaban J connectivity index is 2.28. The first-order chi connectivity index (χ1) is 12.8. The van der Waals surface area contributed by atoms with E-state index in [1.54, 1.807) is 49.9 Å². The van der Waals surface area contributed by atoms with Crippen molar-refractivity contribution in [2.24, 2.45) is 0 Å². The molecule has 1 unspecified atom stereocenters. The fraction of sp³-hybridized carbons (Fsp3) is 0.350. The van der Waals surface area contributed by atoms with Gasteiger partial charge in [-0.1, -0.05) is 29.8 Å². The normalized spacial score (nSPS) is 19.6. The van der Waals surface area contributed by atoms with Crippen molar-refractivity contribution in [3.05, 3.63) is 57.4 Å². The number of rotatable bonds is 4. The lowest BCUT2D eigenvalue weighted by molar-refractivity contribution is -0.151. The molecule has 2 heterocycles. The van der Waals surface area contributed by atoms with Crippen LogP contribution in [-0.2, 0) is 23.9 Å². The van der Waals surface area contributed by atoms with Gasteiger partial charge in [0.1, 0.15) is 5.70 Å². The van der Waals surface area contributed by atoms with Crippen LogP contribution in [0.4, 0.5) is 0 Å². The van der Waals surface area contributed by atoms with Gasteiger partial charge in [-0.15, -0.1) is 0 Å². The third-order valence-corrected chi connectivity index (χ3v) is 4.94. The van der Waals surface area contributed by atoms with Crippen LogP contribution in [0.2, 0.25) is 5.02 Å². The van der Waals surface area contributed by atoms with Crippen molar-refractivity contribution in [2.45, 2.75) is 39.7 Å². The highest BCUT2D eigenvalue weighted by Crippen LogP contribution is 2.47. The molecule has 3 rings (SSSR count). The van der Waals surface area contributed by atoms with Crippen molar-refractivity contribution in [3.63, 3.8) is 0 Å². The average Bonchev–Trinajstić information content (AvgIpc) is 2.88. The summed E-state index contributed by atoms with van der Waals surface area (Å²) in [4.78, 5) is 39.4. The first-order valence-electron chi connectivity index (χ1n) is 8.72. The fourth-order valence-corrected chi connectivity index (χ4v) is 3.77. The summed E-state index contributed by atoms with van der Waals surface area (Å²) in [6.07, 6.45) is -0.340. The van der Waals surface area contributed by atoms with E-state index >= 15 is 0 Å². The first kappa shape index (κ1) is 19.2. The van der Waals surface area contributed by atoms with Crippen LogP contribution >= 0.6 is 11.6 Å². The lowest BCUT2D eigenvalue weighted by atomic mass is 9.80. The molecule has 2 aliphatic heterocycles. The molecule has 1 aromatic rings. The summed E-state index contributed by atoms with van der Waals surface area (Å²) in [5, 5.41) is 0.383. The van der Waals surface area contributed by atoms with Gasteiger partial charge in [0.25, 0.3) is 0 Å². The van der Waals surface area contributed by atoms with Crippen molar-refractivity contribution in [1.82, 2.24) is 4.90 Å². The Morgan fingerprint density at radius 3 is 2.52 bits per heavy atom. The molecule has 0 radical (unpaired) electrons. The SMILES string of the molecule is CCN1C(C)=C(C(=O)OC(C)C)C(c2ccccc2Cl)C2=C1C(=O)OC2=O. The number of cyclic esters (lactones) is 2. The molecule has 6 nitrogen and oxygen atoms in total. The molecule has 0 amide bonds. The zero-order valence-corrected chi connectivity index (χ0v) is 16.3. The molecule has 0 saturated carbocycles. The quantitative estimate of drug-likeness (QED) is 0.581. The van der Waals surface area contributed by atoms with Crippen LogP contribution in [-0.4, -0.2) is 35.5 Å². The Labute approximate surface area is 162 Å². The summed E-state index contributed by atoms with van der Waals surface area (Å²) in [6.45, 7) is 7.43. The number of ether oxygens (including phenoxy) is 2. The van der Waals surface area contributed by atoms with E-state index in [4.69, 9.17) is 21.1 Å². The maximum atomic E-state index is 12.9. The van der Waals surface area contributed by atoms with E-state index in [1.807, 2.05) is 6.92 Å². The Morgan fingerprint density at radius 1 is 1.26 bits per heavy atom. The zero-order valence-electron chi connectivity index (χ0n) is 15.5. The zero-order chi connectivity index (χ0) is 19.9. The lowest BCUT2D eigenvalue weighted by Gasteiger charge is -2.34. The Hall–Kier alpha value is -2.60. The second kappa shape index (κ2) is 7.19. The average molecular weight is 390 g/mol. The molecule has 27 heavy (non-hydrogen) atoms. The van der Waals surface area contributed by atoms with Crippen LogP contribution in [0.5, 0.6) is 0 Å². The van der Waals surface area contributed by atoms with Crippen LogP contribution in [0.1, 0.15) is 39.2 Å². The van der Waals surface area contributed by atoms with Gasteiger partial charge in [-0.3, -0.25) is 0 Å². The largest absolute Gasteiger partial charge is 0.460 e. The van der Waals surface area contributed by atoms with Crippen LogP contribution < -0.4 is 0 Å². The highest BCUT2D eigenvalue weighted by Gasteiger charge is 2.48. The third kappa shape index (κ3) is 3.14. The second-order valence-electron chi connectivity index (χ2n) is 6.59. The molecule has 0 fully saturated rings. The predicted octanol–water partition coefficient (Wildman–Crippen LogP) is 3.32. The van der Waals surface area contributed by atoms with Crippen LogP contribution in [0.15, 0.2) is 46.8 Å². The Morgan fingerprint density at radius 2 is 1.93 bits per heavy atom. The summed E-state index contributed by atoms with van der Waals surface area (Å²) in [5.74, 6) is -2.86. The van der Waals surface area contributed by atoms with E-state index in [2.05, 4.69) is 0 Å². The number of likely N-dealkylation sites (N-methyl/N-ethyl adjacent to an activating group) is 1. The van der Waals surface area contributed by atoms with E-state index in [9.17, 15) is 14.4 Å². The number of carbonyl (C=O) groups excluding carboxylic acids is 3. The smallest absolute Gasteiger partial charge is 0.363 e. The molecule has 0 aromatic heterocycles. The van der Waals surface area contributed by atoms with E-state index in [1.165, 1.54) is 0 Å². The number of hydrogen-bond donors (Lipinski definition) is 0. The highest BCUT2D eigenvalue weighted by molar-refractivity contribution is 6.31. The minimum atomic E-state index is -0.832. The molecule has 7 heteroatoms. The molecule has 0 aliphatic carbocycles. The summed E-state index contributed by atoms with van der Waals surface area (Å²) in [5.41, 5.74) is 1.65. The molecule has 0 bridgehead atoms. The molecule has 0 spiro atoms. The van der Waals surface area contributed by atoms with E-state index < -0.39 is 23.8 Å². The van der Waals surface area contributed by atoms with Gasteiger partial charge in [0.2, 0.25) is 0 Å². The number of benzene rings is 1. The molecule has 2 aliphatic rings. The van der Waals surface area contributed by atoms with Gasteiger partial charge in [-0.25, -0.2) is 14.4 Å². The molecule has 0 saturated heterocycles. The Bertz CT molecular complexity index is 899. The minimum Gasteiger partial charge on any atom is -0.460 e. The number of halogens is 1. The van der Waals surface area contributed by atoms with Crippen LogP contribution in [0.25, 0.3) is 0 Å². The third-order valence-electron chi connectivity index (χ3n) is 4.59. The van der Waals surface area contributed by atoms with Gasteiger partial charge in [0.05, 0.1) is 23.2 Å². The maximum Gasteiger partial charge on any atom is 0.363 e. The summed E-state index contributed by atoms with van der Waals surface area (Å²) in [6, 6.07) is 6.91. The fourth-order valence-electron chi connectivity index (χ4n) is 3.53. The van der Waals surface area contributed by atoms with Gasteiger partial charge in [0.15, 0.2) is 0 Å². The first-order valence-corrected chi connectivity index (χ1v) is 9.10. The summed E-state index contributed by atoms with van der Waals surface area (Å²) < 4.78 is 10.3. The number of esters is 3. The summed E-state index contributed by atoms with van der Waals surface area (Å²) >= 11 is 6.38. The van der Waals surface area contributed by atoms with Gasteiger partial charge < -0.3 is 14.4 Å². The molecule has 142 valence electrons. The highest BCUT2D eigenvalue weighted by atomic mass is 35.5. The predicted molar refractivity (Wildman–Crippen MR) is 98.6 cm³/mol. The topological polar surface area (TPSA) is 72.9 Å². The molecule has 1 aromatic carbocycles. The lowest BCUT2D eigenvalue weighted by Crippen LogP contribution is -2.35. The molecular formula is C20H20ClNO5. The van der Waals surface area contributed by atoms with Crippen molar-refractivity contribution in [2.75, 3.05) is 6.54 Å². The van der Waals surface area contributed by atoms with Gasteiger partial charge in [-0.2, -0.15) is 0 Å². The standard InChI is InChI=1S/C20H20ClNO5/c1-5-22-11(4)14(18(23)26-10(2)3)15(12-8-6-7-9-13(12)21)16-17(22)20(25)27-19(16)24/h6-10,15H,5H2,1-4H3. The minimum absolute atomic E-state index is 0.122. The van der Waals surface area contributed by atoms with Gasteiger partial charge in [0, 0.05) is 17.3 Å². The van der Waals surface area contributed by atoms with Gasteiger partial charge >= 0.3 is 17.9 Å². The second-order valence-corrected chi connectivity index (χ2v) is 7.00. The maximum absolute atomic E-state index is 12.9. The number of nitrogens with zero attached hydrogens (tertiary/aromatic N) is 1. The summed E-state index contributed by atoms with van der Waals surface area (Å²) in [7, 11) is 0. The monoisotopic (exact) mass is 389 g/mol. The van der Waals surface area contributed by atoms with Gasteiger partial charge in [-0.05, 0) is 39.3 Å². The van der Waals surface area contributed by atoms with Crippen molar-refractivity contribution >= 4 is 29.5 Å². The number of hydrogen-bond acceptors (Lipinski definition) is 6. The van der Waals surface area contributed by atoms with Crippen molar-refractivity contribution in [1.29, 1.82) is 0 Å². The number of carbonyl (C=O) groups is 3.